The van der Waals surface area contributed by atoms with Gasteiger partial charge in [-0.2, -0.15) is 0 Å². The van der Waals surface area contributed by atoms with E-state index in [0.29, 0.717) is 11.6 Å². The smallest absolute Gasteiger partial charge is 0.410 e. The number of amides is 1. The molecule has 5 heteroatoms. The highest BCUT2D eigenvalue weighted by molar-refractivity contribution is 6.30. The topological polar surface area (TPSA) is 55.6 Å². The number of hydrogen-bond donors (Lipinski definition) is 1. The predicted octanol–water partition coefficient (Wildman–Crippen LogP) is 3.61. The van der Waals surface area contributed by atoms with Gasteiger partial charge in [0, 0.05) is 23.7 Å². The standard InChI is InChI=1S/C17H25ClN2O2/c1-17(2,3)22-16(21)20-9-8-14(19)11-15(20)10-12-4-6-13(18)7-5-12/h4-7,14-15H,8-11,19H2,1-3H3/t14-,15+/m0/s1. The molecule has 1 amide bonds. The molecule has 0 aromatic heterocycles. The predicted molar refractivity (Wildman–Crippen MR) is 89.1 cm³/mol. The van der Waals surface area contributed by atoms with Crippen LogP contribution in [0.3, 0.4) is 0 Å². The van der Waals surface area contributed by atoms with E-state index < -0.39 is 5.60 Å². The zero-order valence-corrected chi connectivity index (χ0v) is 14.3. The van der Waals surface area contributed by atoms with Crippen LogP contribution in [0.2, 0.25) is 5.02 Å². The number of nitrogens with two attached hydrogens (primary N) is 1. The number of rotatable bonds is 2. The van der Waals surface area contributed by atoms with Crippen LogP contribution in [0.15, 0.2) is 24.3 Å². The van der Waals surface area contributed by atoms with Gasteiger partial charge in [0.1, 0.15) is 5.60 Å². The molecule has 0 radical (unpaired) electrons. The largest absolute Gasteiger partial charge is 0.444 e. The molecule has 0 saturated carbocycles. The number of hydrogen-bond acceptors (Lipinski definition) is 3. The monoisotopic (exact) mass is 324 g/mol. The number of carbonyl (C=O) groups is 1. The van der Waals surface area contributed by atoms with Crippen LogP contribution < -0.4 is 5.73 Å². The number of likely N-dealkylation sites (tertiary alicyclic amines) is 1. The van der Waals surface area contributed by atoms with Crippen molar-refractivity contribution in [3.8, 4) is 0 Å². The summed E-state index contributed by atoms with van der Waals surface area (Å²) in [6, 6.07) is 7.94. The molecule has 1 aliphatic heterocycles. The lowest BCUT2D eigenvalue weighted by Crippen LogP contribution is -2.51. The summed E-state index contributed by atoms with van der Waals surface area (Å²) in [4.78, 5) is 14.2. The lowest BCUT2D eigenvalue weighted by atomic mass is 9.93. The van der Waals surface area contributed by atoms with E-state index in [2.05, 4.69) is 0 Å². The first-order valence-corrected chi connectivity index (χ1v) is 8.12. The van der Waals surface area contributed by atoms with Gasteiger partial charge in [-0.1, -0.05) is 23.7 Å². The van der Waals surface area contributed by atoms with Gasteiger partial charge in [0.05, 0.1) is 0 Å². The summed E-state index contributed by atoms with van der Waals surface area (Å²) in [7, 11) is 0. The van der Waals surface area contributed by atoms with E-state index in [9.17, 15) is 4.79 Å². The lowest BCUT2D eigenvalue weighted by Gasteiger charge is -2.39. The molecule has 0 bridgehead atoms. The van der Waals surface area contributed by atoms with Gasteiger partial charge >= 0.3 is 6.09 Å². The van der Waals surface area contributed by atoms with Crippen molar-refractivity contribution in [3.63, 3.8) is 0 Å². The van der Waals surface area contributed by atoms with Crippen molar-refractivity contribution < 1.29 is 9.53 Å². The van der Waals surface area contributed by atoms with Crippen LogP contribution in [0, 0.1) is 0 Å². The molecule has 2 atom stereocenters. The maximum absolute atomic E-state index is 12.4. The van der Waals surface area contributed by atoms with E-state index in [0.717, 1.165) is 24.8 Å². The molecule has 122 valence electrons. The normalized spacial score (nSPS) is 22.5. The Morgan fingerprint density at radius 3 is 2.59 bits per heavy atom. The van der Waals surface area contributed by atoms with Crippen molar-refractivity contribution in [1.82, 2.24) is 4.90 Å². The minimum absolute atomic E-state index is 0.0692. The van der Waals surface area contributed by atoms with E-state index >= 15 is 0 Å². The third-order valence-corrected chi connectivity index (χ3v) is 4.02. The van der Waals surface area contributed by atoms with Gasteiger partial charge in [-0.25, -0.2) is 4.79 Å². The molecular weight excluding hydrogens is 300 g/mol. The molecule has 1 saturated heterocycles. The maximum Gasteiger partial charge on any atom is 0.410 e. The summed E-state index contributed by atoms with van der Waals surface area (Å²) in [5.74, 6) is 0. The second-order valence-electron chi connectivity index (χ2n) is 6.94. The first-order chi connectivity index (χ1) is 10.2. The molecular formula is C17H25ClN2O2. The van der Waals surface area contributed by atoms with Gasteiger partial charge in [-0.05, 0) is 57.7 Å². The third kappa shape index (κ3) is 4.89. The number of nitrogens with zero attached hydrogens (tertiary/aromatic N) is 1. The fourth-order valence-electron chi connectivity index (χ4n) is 2.73. The summed E-state index contributed by atoms with van der Waals surface area (Å²) >= 11 is 5.92. The number of carbonyl (C=O) groups excluding carboxylic acids is 1. The van der Waals surface area contributed by atoms with E-state index in [1.165, 1.54) is 0 Å². The number of ether oxygens (including phenoxy) is 1. The quantitative estimate of drug-likeness (QED) is 0.904. The Morgan fingerprint density at radius 2 is 2.00 bits per heavy atom. The van der Waals surface area contributed by atoms with E-state index in [1.54, 1.807) is 0 Å². The Labute approximate surface area is 137 Å². The van der Waals surface area contributed by atoms with Crippen LogP contribution >= 0.6 is 11.6 Å². The number of benzene rings is 1. The lowest BCUT2D eigenvalue weighted by molar-refractivity contribution is 0.00844. The molecule has 1 aromatic rings. The second-order valence-corrected chi connectivity index (χ2v) is 7.38. The zero-order valence-electron chi connectivity index (χ0n) is 13.5. The van der Waals surface area contributed by atoms with Crippen molar-refractivity contribution in [2.24, 2.45) is 5.73 Å². The second kappa shape index (κ2) is 6.88. The van der Waals surface area contributed by atoms with Crippen molar-refractivity contribution in [2.45, 2.75) is 57.7 Å². The van der Waals surface area contributed by atoms with Gasteiger partial charge < -0.3 is 15.4 Å². The third-order valence-electron chi connectivity index (χ3n) is 3.77. The molecule has 0 aliphatic carbocycles. The summed E-state index contributed by atoms with van der Waals surface area (Å²) in [5, 5.41) is 0.716. The van der Waals surface area contributed by atoms with Gasteiger partial charge in [0.2, 0.25) is 0 Å². The summed E-state index contributed by atoms with van der Waals surface area (Å²) in [5.41, 5.74) is 6.76. The number of piperidine rings is 1. The van der Waals surface area contributed by atoms with Gasteiger partial charge in [0.25, 0.3) is 0 Å². The summed E-state index contributed by atoms with van der Waals surface area (Å²) in [6.07, 6.45) is 2.13. The molecule has 22 heavy (non-hydrogen) atoms. The first-order valence-electron chi connectivity index (χ1n) is 7.74. The Balaban J connectivity index is 2.09. The molecule has 1 aromatic carbocycles. The molecule has 1 aliphatic rings. The molecule has 2 rings (SSSR count). The van der Waals surface area contributed by atoms with Crippen LogP contribution in [0.4, 0.5) is 4.79 Å². The van der Waals surface area contributed by atoms with E-state index in [-0.39, 0.29) is 18.2 Å². The molecule has 0 spiro atoms. The highest BCUT2D eigenvalue weighted by atomic mass is 35.5. The summed E-state index contributed by atoms with van der Waals surface area (Å²) in [6.45, 7) is 6.30. The SMILES string of the molecule is CC(C)(C)OC(=O)N1CC[C@H](N)C[C@H]1Cc1ccc(Cl)cc1. The Hall–Kier alpha value is -1.26. The fourth-order valence-corrected chi connectivity index (χ4v) is 2.86. The van der Waals surface area contributed by atoms with Gasteiger partial charge in [-0.15, -0.1) is 0 Å². The van der Waals surface area contributed by atoms with Crippen LogP contribution in [-0.2, 0) is 11.2 Å². The average molecular weight is 325 g/mol. The Bertz CT molecular complexity index is 510. The minimum atomic E-state index is -0.485. The van der Waals surface area contributed by atoms with Gasteiger partial charge in [-0.3, -0.25) is 0 Å². The van der Waals surface area contributed by atoms with Crippen LogP contribution in [0.1, 0.15) is 39.2 Å². The van der Waals surface area contributed by atoms with Crippen molar-refractivity contribution in [3.05, 3.63) is 34.9 Å². The molecule has 1 heterocycles. The van der Waals surface area contributed by atoms with Crippen molar-refractivity contribution in [1.29, 1.82) is 0 Å². The first kappa shape index (κ1) is 17.1. The van der Waals surface area contributed by atoms with Crippen LogP contribution in [0.25, 0.3) is 0 Å². The molecule has 0 unspecified atom stereocenters. The molecule has 2 N–H and O–H groups in total. The van der Waals surface area contributed by atoms with E-state index in [4.69, 9.17) is 22.1 Å². The van der Waals surface area contributed by atoms with Crippen molar-refractivity contribution in [2.75, 3.05) is 6.54 Å². The summed E-state index contributed by atoms with van der Waals surface area (Å²) < 4.78 is 5.52. The highest BCUT2D eigenvalue weighted by Crippen LogP contribution is 2.23. The van der Waals surface area contributed by atoms with Gasteiger partial charge in [0.15, 0.2) is 0 Å². The van der Waals surface area contributed by atoms with Crippen molar-refractivity contribution >= 4 is 17.7 Å². The van der Waals surface area contributed by atoms with E-state index in [1.807, 2.05) is 49.9 Å². The highest BCUT2D eigenvalue weighted by Gasteiger charge is 2.33. The zero-order chi connectivity index (χ0) is 16.3. The fraction of sp³-hybridized carbons (Fsp3) is 0.588. The van der Waals surface area contributed by atoms with Crippen LogP contribution in [0.5, 0.6) is 0 Å². The maximum atomic E-state index is 12.4. The Kier molecular flexibility index (Phi) is 5.35. The molecule has 4 nitrogen and oxygen atoms in total. The number of halogens is 1. The van der Waals surface area contributed by atoms with Crippen LogP contribution in [-0.4, -0.2) is 35.2 Å². The minimum Gasteiger partial charge on any atom is -0.444 e. The average Bonchev–Trinajstić information content (AvgIpc) is 2.39. The molecule has 1 fully saturated rings. The Morgan fingerprint density at radius 1 is 1.36 bits per heavy atom.